The average Bonchev–Trinajstić information content (AvgIpc) is 2.57. The number of carbonyl (C=O) groups is 1. The third kappa shape index (κ3) is 5.41. The first-order valence-electron chi connectivity index (χ1n) is 6.97. The lowest BCUT2D eigenvalue weighted by Gasteiger charge is -2.12. The monoisotopic (exact) mass is 376 g/mol. The lowest BCUT2D eigenvalue weighted by atomic mass is 10.2. The average molecular weight is 377 g/mol. The summed E-state index contributed by atoms with van der Waals surface area (Å²) in [7, 11) is 1.60. The molecule has 0 saturated carbocycles. The molecule has 6 heteroatoms. The molecule has 0 aliphatic heterocycles. The number of halogens is 1. The maximum absolute atomic E-state index is 11.9. The Hall–Kier alpha value is -2.34. The van der Waals surface area contributed by atoms with E-state index in [-0.39, 0.29) is 5.91 Å². The summed E-state index contributed by atoms with van der Waals surface area (Å²) in [5, 5.41) is 3.93. The molecule has 2 aromatic rings. The third-order valence-electron chi connectivity index (χ3n) is 2.98. The highest BCUT2D eigenvalue weighted by Gasteiger charge is 2.13. The first-order chi connectivity index (χ1) is 11.1. The molecule has 0 radical (unpaired) electrons. The summed E-state index contributed by atoms with van der Waals surface area (Å²) in [6.07, 6.45) is 0.894. The molecule has 0 aliphatic rings. The summed E-state index contributed by atoms with van der Waals surface area (Å²) in [5.74, 6) is 1.02. The maximum Gasteiger partial charge on any atom is 0.280 e. The van der Waals surface area contributed by atoms with Gasteiger partial charge >= 0.3 is 0 Å². The summed E-state index contributed by atoms with van der Waals surface area (Å²) < 4.78 is 11.6. The van der Waals surface area contributed by atoms with Gasteiger partial charge in [0.2, 0.25) is 0 Å². The van der Waals surface area contributed by atoms with Gasteiger partial charge in [-0.05, 0) is 48.9 Å². The van der Waals surface area contributed by atoms with Gasteiger partial charge in [-0.2, -0.15) is 5.10 Å². The molecule has 0 spiro atoms. The first kappa shape index (κ1) is 17.0. The highest BCUT2D eigenvalue weighted by atomic mass is 79.9. The molecule has 1 unspecified atom stereocenters. The largest absolute Gasteiger partial charge is 0.497 e. The SMILES string of the molecule is COc1cccc(C=NNC(=O)C(C)Oc2ccc(Br)cc2)c1. The Kier molecular flexibility index (Phi) is 6.17. The van der Waals surface area contributed by atoms with Crippen molar-refractivity contribution in [3.63, 3.8) is 0 Å². The van der Waals surface area contributed by atoms with E-state index < -0.39 is 6.10 Å². The van der Waals surface area contributed by atoms with Gasteiger partial charge in [-0.15, -0.1) is 0 Å². The molecule has 2 aromatic carbocycles. The molecule has 1 atom stereocenters. The first-order valence-corrected chi connectivity index (χ1v) is 7.77. The Morgan fingerprint density at radius 3 is 2.65 bits per heavy atom. The van der Waals surface area contributed by atoms with Crippen molar-refractivity contribution in [2.75, 3.05) is 7.11 Å². The number of nitrogens with zero attached hydrogens (tertiary/aromatic N) is 1. The van der Waals surface area contributed by atoms with E-state index in [9.17, 15) is 4.79 Å². The van der Waals surface area contributed by atoms with Crippen LogP contribution in [-0.4, -0.2) is 25.3 Å². The van der Waals surface area contributed by atoms with E-state index >= 15 is 0 Å². The zero-order chi connectivity index (χ0) is 16.7. The van der Waals surface area contributed by atoms with E-state index in [0.717, 1.165) is 15.8 Å². The molecule has 5 nitrogen and oxygen atoms in total. The molecule has 120 valence electrons. The Balaban J connectivity index is 1.88. The number of hydrazone groups is 1. The van der Waals surface area contributed by atoms with E-state index in [1.807, 2.05) is 36.4 Å². The van der Waals surface area contributed by atoms with Crippen LogP contribution in [0.25, 0.3) is 0 Å². The van der Waals surface area contributed by atoms with Crippen LogP contribution in [0.5, 0.6) is 11.5 Å². The fraction of sp³-hybridized carbons (Fsp3) is 0.176. The van der Waals surface area contributed by atoms with Crippen LogP contribution in [-0.2, 0) is 4.79 Å². The van der Waals surface area contributed by atoms with Crippen LogP contribution in [0.1, 0.15) is 12.5 Å². The Morgan fingerprint density at radius 2 is 1.96 bits per heavy atom. The van der Waals surface area contributed by atoms with Gasteiger partial charge in [0.05, 0.1) is 13.3 Å². The quantitative estimate of drug-likeness (QED) is 0.620. The molecule has 2 rings (SSSR count). The van der Waals surface area contributed by atoms with Crippen LogP contribution in [0.2, 0.25) is 0 Å². The van der Waals surface area contributed by atoms with E-state index in [4.69, 9.17) is 9.47 Å². The zero-order valence-corrected chi connectivity index (χ0v) is 14.4. The van der Waals surface area contributed by atoms with Crippen molar-refractivity contribution in [2.45, 2.75) is 13.0 Å². The summed E-state index contributed by atoms with van der Waals surface area (Å²) >= 11 is 3.34. The molecule has 0 aromatic heterocycles. The van der Waals surface area contributed by atoms with Crippen LogP contribution in [0.15, 0.2) is 58.1 Å². The molecule has 1 amide bonds. The standard InChI is InChI=1S/C17H17BrN2O3/c1-12(23-15-8-6-14(18)7-9-15)17(21)20-19-11-13-4-3-5-16(10-13)22-2/h3-12H,1-2H3,(H,20,21). The van der Waals surface area contributed by atoms with Crippen LogP contribution < -0.4 is 14.9 Å². The van der Waals surface area contributed by atoms with Crippen LogP contribution >= 0.6 is 15.9 Å². The van der Waals surface area contributed by atoms with Crippen LogP contribution in [0.4, 0.5) is 0 Å². The normalized spacial score (nSPS) is 12.0. The number of carbonyl (C=O) groups excluding carboxylic acids is 1. The number of hydrogen-bond donors (Lipinski definition) is 1. The highest BCUT2D eigenvalue weighted by molar-refractivity contribution is 9.10. The van der Waals surface area contributed by atoms with Gasteiger partial charge in [-0.25, -0.2) is 5.43 Å². The molecule has 23 heavy (non-hydrogen) atoms. The lowest BCUT2D eigenvalue weighted by molar-refractivity contribution is -0.127. The van der Waals surface area contributed by atoms with Crippen molar-refractivity contribution in [3.8, 4) is 11.5 Å². The number of hydrogen-bond acceptors (Lipinski definition) is 4. The van der Waals surface area contributed by atoms with E-state index in [1.54, 1.807) is 32.4 Å². The molecule has 1 N–H and O–H groups in total. The number of nitrogens with one attached hydrogen (secondary N) is 1. The molecule has 0 aliphatic carbocycles. The zero-order valence-electron chi connectivity index (χ0n) is 12.8. The van der Waals surface area contributed by atoms with Crippen molar-refractivity contribution in [2.24, 2.45) is 5.10 Å². The molecule has 0 saturated heterocycles. The van der Waals surface area contributed by atoms with E-state index in [1.165, 1.54) is 0 Å². The second kappa shape index (κ2) is 8.33. The minimum absolute atomic E-state index is 0.327. The third-order valence-corrected chi connectivity index (χ3v) is 3.51. The topological polar surface area (TPSA) is 59.9 Å². The maximum atomic E-state index is 11.9. The molecule has 0 bridgehead atoms. The number of rotatable bonds is 6. The fourth-order valence-corrected chi connectivity index (χ4v) is 2.02. The number of amides is 1. The Labute approximate surface area is 143 Å². The van der Waals surface area contributed by atoms with Gasteiger partial charge in [-0.1, -0.05) is 28.1 Å². The Bertz CT molecular complexity index is 686. The second-order valence-corrected chi connectivity index (χ2v) is 5.64. The summed E-state index contributed by atoms with van der Waals surface area (Å²) in [6.45, 7) is 1.67. The summed E-state index contributed by atoms with van der Waals surface area (Å²) in [5.41, 5.74) is 3.28. The number of benzene rings is 2. The number of methoxy groups -OCH3 is 1. The predicted octanol–water partition coefficient (Wildman–Crippen LogP) is 3.38. The highest BCUT2D eigenvalue weighted by Crippen LogP contribution is 2.17. The van der Waals surface area contributed by atoms with Crippen LogP contribution in [0.3, 0.4) is 0 Å². The smallest absolute Gasteiger partial charge is 0.280 e. The van der Waals surface area contributed by atoms with Crippen molar-refractivity contribution in [1.82, 2.24) is 5.43 Å². The van der Waals surface area contributed by atoms with Gasteiger partial charge < -0.3 is 9.47 Å². The van der Waals surface area contributed by atoms with Gasteiger partial charge in [0.15, 0.2) is 6.10 Å². The second-order valence-electron chi connectivity index (χ2n) is 4.72. The van der Waals surface area contributed by atoms with Crippen molar-refractivity contribution >= 4 is 28.1 Å². The minimum atomic E-state index is -0.654. The Morgan fingerprint density at radius 1 is 1.22 bits per heavy atom. The molecular weight excluding hydrogens is 360 g/mol. The van der Waals surface area contributed by atoms with Crippen molar-refractivity contribution < 1.29 is 14.3 Å². The lowest BCUT2D eigenvalue weighted by Crippen LogP contribution is -2.33. The molecule has 0 heterocycles. The van der Waals surface area contributed by atoms with Gasteiger partial charge in [0, 0.05) is 4.47 Å². The van der Waals surface area contributed by atoms with Gasteiger partial charge in [0.1, 0.15) is 11.5 Å². The van der Waals surface area contributed by atoms with Crippen LogP contribution in [0, 0.1) is 0 Å². The summed E-state index contributed by atoms with van der Waals surface area (Å²) in [6, 6.07) is 14.6. The molecular formula is C17H17BrN2O3. The fourth-order valence-electron chi connectivity index (χ4n) is 1.75. The van der Waals surface area contributed by atoms with Crippen molar-refractivity contribution in [3.05, 3.63) is 58.6 Å². The van der Waals surface area contributed by atoms with E-state index in [0.29, 0.717) is 5.75 Å². The molecule has 0 fully saturated rings. The van der Waals surface area contributed by atoms with E-state index in [2.05, 4.69) is 26.5 Å². The van der Waals surface area contributed by atoms with Gasteiger partial charge in [-0.3, -0.25) is 4.79 Å². The predicted molar refractivity (Wildman–Crippen MR) is 93.0 cm³/mol. The summed E-state index contributed by atoms with van der Waals surface area (Å²) in [4.78, 5) is 11.9. The minimum Gasteiger partial charge on any atom is -0.497 e. The van der Waals surface area contributed by atoms with Crippen molar-refractivity contribution in [1.29, 1.82) is 0 Å². The number of ether oxygens (including phenoxy) is 2. The van der Waals surface area contributed by atoms with Gasteiger partial charge in [0.25, 0.3) is 5.91 Å².